The number of ketones is 1. The Morgan fingerprint density at radius 1 is 1.20 bits per heavy atom. The highest BCUT2D eigenvalue weighted by Crippen LogP contribution is 2.14. The Morgan fingerprint density at radius 2 is 1.75 bits per heavy atom. The van der Waals surface area contributed by atoms with Gasteiger partial charge in [-0.1, -0.05) is 0 Å². The van der Waals surface area contributed by atoms with Crippen LogP contribution in [-0.2, 0) is 16.9 Å². The fraction of sp³-hybridized carbons (Fsp3) is 0.231. The number of aryl methyl sites for hydroxylation is 2. The molecule has 0 atom stereocenters. The van der Waals surface area contributed by atoms with Gasteiger partial charge in [0, 0.05) is 24.6 Å². The second-order valence-corrected chi connectivity index (χ2v) is 6.62. The van der Waals surface area contributed by atoms with Gasteiger partial charge in [-0.2, -0.15) is 0 Å². The molecule has 0 aliphatic carbocycles. The molecule has 0 spiro atoms. The van der Waals surface area contributed by atoms with E-state index in [-0.39, 0.29) is 16.0 Å². The van der Waals surface area contributed by atoms with Crippen molar-refractivity contribution in [2.75, 3.05) is 6.26 Å². The van der Waals surface area contributed by atoms with Crippen molar-refractivity contribution in [1.82, 2.24) is 9.78 Å². The van der Waals surface area contributed by atoms with Gasteiger partial charge in [-0.3, -0.25) is 19.4 Å². The summed E-state index contributed by atoms with van der Waals surface area (Å²) in [5, 5.41) is 2.75. The van der Waals surface area contributed by atoms with E-state index in [0.29, 0.717) is 5.69 Å². The zero-order valence-electron chi connectivity index (χ0n) is 11.3. The van der Waals surface area contributed by atoms with Gasteiger partial charge in [0.05, 0.1) is 4.90 Å². The Balaban J connectivity index is 2.47. The van der Waals surface area contributed by atoms with Crippen LogP contribution < -0.4 is 5.56 Å². The summed E-state index contributed by atoms with van der Waals surface area (Å²) in [6.45, 7) is 1.64. The van der Waals surface area contributed by atoms with E-state index in [2.05, 4.69) is 5.10 Å². The van der Waals surface area contributed by atoms with Crippen LogP contribution in [0.25, 0.3) is 0 Å². The standard InChI is InChI=1S/C13H14N2O4S/c1-8-11(13(17)15(2)14-8)12(16)9-4-6-10(7-5-9)20(3,18)19/h4-7,14H,1-3H3. The molecule has 1 N–H and O–H groups in total. The maximum absolute atomic E-state index is 12.3. The van der Waals surface area contributed by atoms with Crippen LogP contribution in [0.5, 0.6) is 0 Å². The first-order valence-corrected chi connectivity index (χ1v) is 7.71. The van der Waals surface area contributed by atoms with Crippen molar-refractivity contribution < 1.29 is 13.2 Å². The minimum Gasteiger partial charge on any atom is -0.299 e. The molecular weight excluding hydrogens is 280 g/mol. The lowest BCUT2D eigenvalue weighted by atomic mass is 10.0. The zero-order chi connectivity index (χ0) is 15.1. The van der Waals surface area contributed by atoms with Gasteiger partial charge in [-0.25, -0.2) is 8.42 Å². The van der Waals surface area contributed by atoms with E-state index in [1.807, 2.05) is 0 Å². The number of benzene rings is 1. The van der Waals surface area contributed by atoms with Crippen molar-refractivity contribution in [2.45, 2.75) is 11.8 Å². The Morgan fingerprint density at radius 3 is 2.15 bits per heavy atom. The highest BCUT2D eigenvalue weighted by molar-refractivity contribution is 7.90. The third-order valence-electron chi connectivity index (χ3n) is 3.00. The third kappa shape index (κ3) is 2.44. The molecule has 0 bridgehead atoms. The quantitative estimate of drug-likeness (QED) is 0.842. The van der Waals surface area contributed by atoms with Gasteiger partial charge < -0.3 is 0 Å². The predicted molar refractivity (Wildman–Crippen MR) is 73.8 cm³/mol. The van der Waals surface area contributed by atoms with Gasteiger partial charge in [0.1, 0.15) is 5.56 Å². The fourth-order valence-corrected chi connectivity index (χ4v) is 2.58. The average molecular weight is 294 g/mol. The first-order valence-electron chi connectivity index (χ1n) is 5.82. The number of H-pyrrole nitrogens is 1. The number of carbonyl (C=O) groups is 1. The summed E-state index contributed by atoms with van der Waals surface area (Å²) in [6, 6.07) is 5.53. The second-order valence-electron chi connectivity index (χ2n) is 4.60. The molecule has 0 saturated carbocycles. The van der Waals surface area contributed by atoms with Crippen molar-refractivity contribution in [3.63, 3.8) is 0 Å². The molecule has 2 aromatic rings. The topological polar surface area (TPSA) is 89.0 Å². The molecule has 0 fully saturated rings. The fourth-order valence-electron chi connectivity index (χ4n) is 1.95. The van der Waals surface area contributed by atoms with E-state index in [1.165, 1.54) is 36.0 Å². The lowest BCUT2D eigenvalue weighted by molar-refractivity contribution is 0.103. The normalized spacial score (nSPS) is 11.6. The van der Waals surface area contributed by atoms with Crippen LogP contribution >= 0.6 is 0 Å². The predicted octanol–water partition coefficient (Wildman–Crippen LogP) is 0.656. The monoisotopic (exact) mass is 294 g/mol. The molecule has 20 heavy (non-hydrogen) atoms. The first-order chi connectivity index (χ1) is 9.21. The molecular formula is C13H14N2O4S. The molecule has 6 nitrogen and oxygen atoms in total. The van der Waals surface area contributed by atoms with Gasteiger partial charge in [0.15, 0.2) is 15.6 Å². The number of nitrogens with one attached hydrogen (secondary N) is 1. The van der Waals surface area contributed by atoms with E-state index in [4.69, 9.17) is 0 Å². The maximum Gasteiger partial charge on any atom is 0.277 e. The third-order valence-corrected chi connectivity index (χ3v) is 4.13. The molecule has 1 aromatic heterocycles. The minimum atomic E-state index is -3.31. The number of hydrogen-bond acceptors (Lipinski definition) is 4. The van der Waals surface area contributed by atoms with Gasteiger partial charge in [0.25, 0.3) is 5.56 Å². The van der Waals surface area contributed by atoms with Gasteiger partial charge in [0.2, 0.25) is 0 Å². The lowest BCUT2D eigenvalue weighted by Crippen LogP contribution is -2.19. The van der Waals surface area contributed by atoms with E-state index in [1.54, 1.807) is 6.92 Å². The van der Waals surface area contributed by atoms with Crippen LogP contribution in [0.15, 0.2) is 34.0 Å². The summed E-state index contributed by atoms with van der Waals surface area (Å²) in [6.07, 6.45) is 1.09. The van der Waals surface area contributed by atoms with E-state index < -0.39 is 21.2 Å². The van der Waals surface area contributed by atoms with Crippen molar-refractivity contribution >= 4 is 15.6 Å². The van der Waals surface area contributed by atoms with Gasteiger partial charge in [-0.05, 0) is 31.2 Å². The van der Waals surface area contributed by atoms with Crippen LogP contribution in [0.1, 0.15) is 21.6 Å². The highest BCUT2D eigenvalue weighted by Gasteiger charge is 2.19. The summed E-state index contributed by atoms with van der Waals surface area (Å²) < 4.78 is 23.9. The average Bonchev–Trinajstić information content (AvgIpc) is 2.62. The number of hydrogen-bond donors (Lipinski definition) is 1. The van der Waals surface area contributed by atoms with Gasteiger partial charge in [-0.15, -0.1) is 0 Å². The van der Waals surface area contributed by atoms with Crippen LogP contribution in [0, 0.1) is 6.92 Å². The first kappa shape index (κ1) is 14.3. The number of carbonyl (C=O) groups excluding carboxylic acids is 1. The highest BCUT2D eigenvalue weighted by atomic mass is 32.2. The van der Waals surface area contributed by atoms with Crippen LogP contribution in [0.4, 0.5) is 0 Å². The Hall–Kier alpha value is -2.15. The van der Waals surface area contributed by atoms with Gasteiger partial charge >= 0.3 is 0 Å². The lowest BCUT2D eigenvalue weighted by Gasteiger charge is -2.01. The second kappa shape index (κ2) is 4.75. The smallest absolute Gasteiger partial charge is 0.277 e. The summed E-state index contributed by atoms with van der Waals surface area (Å²) in [7, 11) is -1.78. The molecule has 1 heterocycles. The molecule has 0 unspecified atom stereocenters. The summed E-state index contributed by atoms with van der Waals surface area (Å²) in [4.78, 5) is 24.3. The number of aromatic nitrogens is 2. The molecule has 0 radical (unpaired) electrons. The summed E-state index contributed by atoms with van der Waals surface area (Å²) in [5.41, 5.74) is 0.422. The Bertz CT molecular complexity index is 826. The minimum absolute atomic E-state index is 0.0691. The Kier molecular flexibility index (Phi) is 3.39. The SMILES string of the molecule is Cc1[nH]n(C)c(=O)c1C(=O)c1ccc(S(C)(=O)=O)cc1. The van der Waals surface area contributed by atoms with Crippen LogP contribution in [0.3, 0.4) is 0 Å². The molecule has 7 heteroatoms. The van der Waals surface area contributed by atoms with Crippen molar-refractivity contribution in [1.29, 1.82) is 0 Å². The van der Waals surface area contributed by atoms with Crippen molar-refractivity contribution in [3.8, 4) is 0 Å². The molecule has 0 aliphatic heterocycles. The molecule has 0 amide bonds. The zero-order valence-corrected chi connectivity index (χ0v) is 12.1. The summed E-state index contributed by atoms with van der Waals surface area (Å²) >= 11 is 0. The molecule has 106 valence electrons. The molecule has 0 aliphatic rings. The largest absolute Gasteiger partial charge is 0.299 e. The van der Waals surface area contributed by atoms with E-state index in [0.717, 1.165) is 6.26 Å². The molecule has 0 saturated heterocycles. The summed E-state index contributed by atoms with van der Waals surface area (Å²) in [5.74, 6) is -0.426. The number of aromatic amines is 1. The van der Waals surface area contributed by atoms with Crippen LogP contribution in [0.2, 0.25) is 0 Å². The van der Waals surface area contributed by atoms with E-state index >= 15 is 0 Å². The number of rotatable bonds is 3. The number of sulfone groups is 1. The maximum atomic E-state index is 12.3. The van der Waals surface area contributed by atoms with E-state index in [9.17, 15) is 18.0 Å². The van der Waals surface area contributed by atoms with Crippen molar-refractivity contribution in [2.24, 2.45) is 7.05 Å². The molecule has 1 aromatic carbocycles. The van der Waals surface area contributed by atoms with Crippen LogP contribution in [-0.4, -0.2) is 30.2 Å². The number of nitrogens with zero attached hydrogens (tertiary/aromatic N) is 1. The Labute approximate surface area is 116 Å². The van der Waals surface area contributed by atoms with Crippen molar-refractivity contribution in [3.05, 3.63) is 51.4 Å². The molecule has 2 rings (SSSR count).